The number of hydrogen-bond donors (Lipinski definition) is 2. The zero-order chi connectivity index (χ0) is 14.3. The molecule has 4 heteroatoms. The Labute approximate surface area is 114 Å². The van der Waals surface area contributed by atoms with Gasteiger partial charge in [0.1, 0.15) is 5.82 Å². The Kier molecular flexibility index (Phi) is 6.50. The molecule has 19 heavy (non-hydrogen) atoms. The predicted octanol–water partition coefficient (Wildman–Crippen LogP) is 2.45. The molecule has 1 amide bonds. The van der Waals surface area contributed by atoms with Crippen LogP contribution in [0.1, 0.15) is 36.5 Å². The van der Waals surface area contributed by atoms with Gasteiger partial charge in [-0.3, -0.25) is 4.79 Å². The SMILES string of the molecule is CCCCNC(=O)CNCc1cc(C)c(F)c(C)c1. The van der Waals surface area contributed by atoms with Crippen molar-refractivity contribution in [3.63, 3.8) is 0 Å². The van der Waals surface area contributed by atoms with Crippen molar-refractivity contribution in [3.05, 3.63) is 34.6 Å². The molecule has 106 valence electrons. The Morgan fingerprint density at radius 3 is 2.47 bits per heavy atom. The second-order valence-electron chi connectivity index (χ2n) is 4.85. The minimum absolute atomic E-state index is 0.00371. The van der Waals surface area contributed by atoms with Gasteiger partial charge in [-0.15, -0.1) is 0 Å². The van der Waals surface area contributed by atoms with Crippen LogP contribution in [0.15, 0.2) is 12.1 Å². The number of halogens is 1. The topological polar surface area (TPSA) is 41.1 Å². The van der Waals surface area contributed by atoms with Gasteiger partial charge in [-0.25, -0.2) is 4.39 Å². The molecule has 1 aromatic carbocycles. The van der Waals surface area contributed by atoms with Crippen LogP contribution < -0.4 is 10.6 Å². The molecule has 0 atom stereocenters. The summed E-state index contributed by atoms with van der Waals surface area (Å²) >= 11 is 0. The van der Waals surface area contributed by atoms with E-state index < -0.39 is 0 Å². The Hall–Kier alpha value is -1.42. The van der Waals surface area contributed by atoms with E-state index in [0.717, 1.165) is 24.9 Å². The zero-order valence-electron chi connectivity index (χ0n) is 12.0. The number of hydrogen-bond acceptors (Lipinski definition) is 2. The van der Waals surface area contributed by atoms with Crippen LogP contribution in [-0.2, 0) is 11.3 Å². The lowest BCUT2D eigenvalue weighted by Crippen LogP contribution is -2.34. The highest BCUT2D eigenvalue weighted by molar-refractivity contribution is 5.77. The van der Waals surface area contributed by atoms with Crippen molar-refractivity contribution in [3.8, 4) is 0 Å². The summed E-state index contributed by atoms with van der Waals surface area (Å²) in [6, 6.07) is 3.62. The molecule has 0 spiro atoms. The van der Waals surface area contributed by atoms with Gasteiger partial charge in [0, 0.05) is 13.1 Å². The van der Waals surface area contributed by atoms with Crippen LogP contribution in [0.4, 0.5) is 4.39 Å². The third-order valence-corrected chi connectivity index (χ3v) is 2.96. The minimum Gasteiger partial charge on any atom is -0.355 e. The van der Waals surface area contributed by atoms with Gasteiger partial charge in [0.25, 0.3) is 0 Å². The third kappa shape index (κ3) is 5.39. The van der Waals surface area contributed by atoms with E-state index in [4.69, 9.17) is 0 Å². The first-order valence-electron chi connectivity index (χ1n) is 6.77. The molecule has 0 aliphatic heterocycles. The lowest BCUT2D eigenvalue weighted by Gasteiger charge is -2.09. The Morgan fingerprint density at radius 2 is 1.89 bits per heavy atom. The molecule has 2 N–H and O–H groups in total. The lowest BCUT2D eigenvalue weighted by atomic mass is 10.1. The van der Waals surface area contributed by atoms with Gasteiger partial charge in [-0.2, -0.15) is 0 Å². The fraction of sp³-hybridized carbons (Fsp3) is 0.533. The zero-order valence-corrected chi connectivity index (χ0v) is 12.0. The van der Waals surface area contributed by atoms with E-state index in [1.54, 1.807) is 13.8 Å². The van der Waals surface area contributed by atoms with Gasteiger partial charge < -0.3 is 10.6 Å². The summed E-state index contributed by atoms with van der Waals surface area (Å²) in [7, 11) is 0. The summed E-state index contributed by atoms with van der Waals surface area (Å²) in [5.74, 6) is -0.148. The summed E-state index contributed by atoms with van der Waals surface area (Å²) in [6.07, 6.45) is 2.07. The van der Waals surface area contributed by atoms with Gasteiger partial charge in [0.05, 0.1) is 6.54 Å². The van der Waals surface area contributed by atoms with E-state index in [9.17, 15) is 9.18 Å². The van der Waals surface area contributed by atoms with E-state index in [1.165, 1.54) is 0 Å². The molecular formula is C15H23FN2O. The standard InChI is InChI=1S/C15H23FN2O/c1-4-5-6-18-14(19)10-17-9-13-7-11(2)15(16)12(3)8-13/h7-8,17H,4-6,9-10H2,1-3H3,(H,18,19). The number of rotatable bonds is 7. The second-order valence-corrected chi connectivity index (χ2v) is 4.85. The first kappa shape index (κ1) is 15.6. The molecule has 0 radical (unpaired) electrons. The van der Waals surface area contributed by atoms with Gasteiger partial charge in [-0.1, -0.05) is 25.5 Å². The molecule has 1 rings (SSSR count). The molecular weight excluding hydrogens is 243 g/mol. The molecule has 0 bridgehead atoms. The molecule has 0 saturated heterocycles. The highest BCUT2D eigenvalue weighted by atomic mass is 19.1. The lowest BCUT2D eigenvalue weighted by molar-refractivity contribution is -0.120. The first-order valence-corrected chi connectivity index (χ1v) is 6.77. The summed E-state index contributed by atoms with van der Waals surface area (Å²) in [5, 5.41) is 5.91. The number of carbonyl (C=O) groups excluding carboxylic acids is 1. The van der Waals surface area contributed by atoms with Crippen molar-refractivity contribution in [1.82, 2.24) is 10.6 Å². The summed E-state index contributed by atoms with van der Waals surface area (Å²) in [4.78, 5) is 11.5. The molecule has 0 aromatic heterocycles. The fourth-order valence-corrected chi connectivity index (χ4v) is 1.93. The van der Waals surface area contributed by atoms with E-state index in [2.05, 4.69) is 17.6 Å². The Balaban J connectivity index is 2.35. The van der Waals surface area contributed by atoms with E-state index in [1.807, 2.05) is 12.1 Å². The van der Waals surface area contributed by atoms with Crippen molar-refractivity contribution in [1.29, 1.82) is 0 Å². The van der Waals surface area contributed by atoms with Gasteiger partial charge in [0.15, 0.2) is 0 Å². The highest BCUT2D eigenvalue weighted by Crippen LogP contribution is 2.14. The van der Waals surface area contributed by atoms with Crippen LogP contribution in [-0.4, -0.2) is 19.0 Å². The molecule has 1 aromatic rings. The van der Waals surface area contributed by atoms with Crippen LogP contribution in [0.5, 0.6) is 0 Å². The van der Waals surface area contributed by atoms with Crippen LogP contribution in [0, 0.1) is 19.7 Å². The maximum absolute atomic E-state index is 13.4. The highest BCUT2D eigenvalue weighted by Gasteiger charge is 2.05. The summed E-state index contributed by atoms with van der Waals surface area (Å²) < 4.78 is 13.4. The molecule has 0 fully saturated rings. The quantitative estimate of drug-likeness (QED) is 0.744. The smallest absolute Gasteiger partial charge is 0.233 e. The average Bonchev–Trinajstić information content (AvgIpc) is 2.36. The summed E-state index contributed by atoms with van der Waals surface area (Å²) in [6.45, 7) is 7.18. The van der Waals surface area contributed by atoms with Crippen molar-refractivity contribution < 1.29 is 9.18 Å². The maximum atomic E-state index is 13.4. The molecule has 0 aliphatic rings. The molecule has 0 saturated carbocycles. The van der Waals surface area contributed by atoms with E-state index in [-0.39, 0.29) is 11.7 Å². The van der Waals surface area contributed by atoms with Crippen LogP contribution in [0.2, 0.25) is 0 Å². The average molecular weight is 266 g/mol. The Bertz CT molecular complexity index is 409. The molecule has 0 unspecified atom stereocenters. The van der Waals surface area contributed by atoms with Crippen LogP contribution in [0.3, 0.4) is 0 Å². The van der Waals surface area contributed by atoms with E-state index >= 15 is 0 Å². The van der Waals surface area contributed by atoms with Crippen molar-refractivity contribution in [2.45, 2.75) is 40.2 Å². The van der Waals surface area contributed by atoms with Gasteiger partial charge in [0.2, 0.25) is 5.91 Å². The minimum atomic E-state index is -0.152. The van der Waals surface area contributed by atoms with Gasteiger partial charge >= 0.3 is 0 Å². The number of unbranched alkanes of at least 4 members (excludes halogenated alkanes) is 1. The largest absolute Gasteiger partial charge is 0.355 e. The monoisotopic (exact) mass is 266 g/mol. The van der Waals surface area contributed by atoms with Crippen molar-refractivity contribution in [2.24, 2.45) is 0 Å². The molecule has 3 nitrogen and oxygen atoms in total. The fourth-order valence-electron chi connectivity index (χ4n) is 1.93. The van der Waals surface area contributed by atoms with Crippen molar-refractivity contribution >= 4 is 5.91 Å². The maximum Gasteiger partial charge on any atom is 0.233 e. The number of nitrogens with one attached hydrogen (secondary N) is 2. The normalized spacial score (nSPS) is 10.5. The van der Waals surface area contributed by atoms with Crippen LogP contribution >= 0.6 is 0 Å². The molecule has 0 aliphatic carbocycles. The predicted molar refractivity (Wildman–Crippen MR) is 75.5 cm³/mol. The van der Waals surface area contributed by atoms with Crippen molar-refractivity contribution in [2.75, 3.05) is 13.1 Å². The van der Waals surface area contributed by atoms with E-state index in [0.29, 0.717) is 24.2 Å². The second kappa shape index (κ2) is 7.89. The number of amides is 1. The first-order chi connectivity index (χ1) is 9.04. The molecule has 0 heterocycles. The Morgan fingerprint density at radius 1 is 1.26 bits per heavy atom. The number of benzene rings is 1. The number of aryl methyl sites for hydroxylation is 2. The third-order valence-electron chi connectivity index (χ3n) is 2.96. The summed E-state index contributed by atoms with van der Waals surface area (Å²) in [5.41, 5.74) is 2.28. The van der Waals surface area contributed by atoms with Gasteiger partial charge in [-0.05, 0) is 37.0 Å². The number of carbonyl (C=O) groups is 1. The van der Waals surface area contributed by atoms with Crippen LogP contribution in [0.25, 0.3) is 0 Å².